The molecule has 1 aliphatic heterocycles. The van der Waals surface area contributed by atoms with Gasteiger partial charge in [-0.1, -0.05) is 6.07 Å². The molecule has 20 heavy (non-hydrogen) atoms. The van der Waals surface area contributed by atoms with Crippen molar-refractivity contribution < 1.29 is 4.79 Å². The number of rotatable bonds is 2. The molecule has 3 rings (SSSR count). The minimum Gasteiger partial charge on any atom is -0.337 e. The van der Waals surface area contributed by atoms with Crippen molar-refractivity contribution in [2.45, 2.75) is 18.6 Å². The summed E-state index contributed by atoms with van der Waals surface area (Å²) < 4.78 is 0. The second-order valence-corrected chi connectivity index (χ2v) is 7.87. The molecule has 0 aromatic carbocycles. The average Bonchev–Trinajstić information content (AvgIpc) is 3.05. The third-order valence-corrected chi connectivity index (χ3v) is 6.79. The number of hydrogen-bond acceptors (Lipinski definition) is 5. The van der Waals surface area contributed by atoms with Gasteiger partial charge in [0.15, 0.2) is 0 Å². The molecule has 1 atom stereocenters. The van der Waals surface area contributed by atoms with Crippen molar-refractivity contribution in [1.29, 1.82) is 0 Å². The maximum Gasteiger partial charge on any atom is 0.265 e. The normalized spacial score (nSPS) is 19.9. The third kappa shape index (κ3) is 2.92. The fourth-order valence-corrected chi connectivity index (χ4v) is 5.33. The maximum atomic E-state index is 12.5. The Morgan fingerprint density at radius 3 is 3.00 bits per heavy atom. The van der Waals surface area contributed by atoms with Gasteiger partial charge in [0.25, 0.3) is 5.91 Å². The molecule has 2 aromatic rings. The number of aromatic nitrogens is 1. The summed E-state index contributed by atoms with van der Waals surface area (Å²) in [4.78, 5) is 20.9. The number of nitrogens with zero attached hydrogens (tertiary/aromatic N) is 2. The lowest BCUT2D eigenvalue weighted by molar-refractivity contribution is 0.0770. The standard InChI is InChI=1S/C14H16N2OS3/c1-10-13(20-9-15-10)14(17)16-5-4-12(19-8-6-16)11-3-2-7-18-11/h2-3,7,9,12H,4-6,8H2,1H3. The van der Waals surface area contributed by atoms with Crippen molar-refractivity contribution in [2.75, 3.05) is 18.8 Å². The van der Waals surface area contributed by atoms with Crippen LogP contribution in [0.4, 0.5) is 0 Å². The molecule has 0 N–H and O–H groups in total. The average molecular weight is 324 g/mol. The third-order valence-electron chi connectivity index (χ3n) is 3.43. The first-order valence-electron chi connectivity index (χ1n) is 6.60. The van der Waals surface area contributed by atoms with Gasteiger partial charge in [0.05, 0.1) is 11.2 Å². The van der Waals surface area contributed by atoms with E-state index in [0.29, 0.717) is 5.25 Å². The summed E-state index contributed by atoms with van der Waals surface area (Å²) in [7, 11) is 0. The van der Waals surface area contributed by atoms with Gasteiger partial charge in [-0.15, -0.1) is 22.7 Å². The second kappa shape index (κ2) is 6.28. The van der Waals surface area contributed by atoms with Crippen LogP contribution in [-0.2, 0) is 0 Å². The molecule has 0 spiro atoms. The largest absolute Gasteiger partial charge is 0.337 e. The Morgan fingerprint density at radius 2 is 2.30 bits per heavy atom. The number of thioether (sulfide) groups is 1. The van der Waals surface area contributed by atoms with E-state index in [-0.39, 0.29) is 5.91 Å². The Bertz CT molecular complexity index is 579. The van der Waals surface area contributed by atoms with Crippen molar-refractivity contribution in [3.8, 4) is 0 Å². The van der Waals surface area contributed by atoms with Crippen LogP contribution >= 0.6 is 34.4 Å². The van der Waals surface area contributed by atoms with E-state index in [1.807, 2.05) is 34.9 Å². The molecule has 1 amide bonds. The smallest absolute Gasteiger partial charge is 0.265 e. The van der Waals surface area contributed by atoms with E-state index in [1.54, 1.807) is 5.51 Å². The SMILES string of the molecule is Cc1ncsc1C(=O)N1CCSC(c2cccs2)CC1. The Kier molecular flexibility index (Phi) is 4.43. The maximum absolute atomic E-state index is 12.5. The van der Waals surface area contributed by atoms with Crippen molar-refractivity contribution in [3.05, 3.63) is 38.5 Å². The first-order chi connectivity index (χ1) is 9.75. The summed E-state index contributed by atoms with van der Waals surface area (Å²) in [5.41, 5.74) is 2.61. The lowest BCUT2D eigenvalue weighted by Gasteiger charge is -2.19. The molecule has 0 saturated carbocycles. The second-order valence-electron chi connectivity index (χ2n) is 4.72. The lowest BCUT2D eigenvalue weighted by Crippen LogP contribution is -2.32. The summed E-state index contributed by atoms with van der Waals surface area (Å²) >= 11 is 5.23. The van der Waals surface area contributed by atoms with E-state index in [2.05, 4.69) is 22.5 Å². The highest BCUT2D eigenvalue weighted by Gasteiger charge is 2.24. The number of hydrogen-bond donors (Lipinski definition) is 0. The molecule has 1 saturated heterocycles. The quantitative estimate of drug-likeness (QED) is 0.841. The predicted octanol–water partition coefficient (Wildman–Crippen LogP) is 3.83. The van der Waals surface area contributed by atoms with E-state index in [4.69, 9.17) is 0 Å². The van der Waals surface area contributed by atoms with Gasteiger partial charge in [-0.3, -0.25) is 4.79 Å². The zero-order chi connectivity index (χ0) is 13.9. The molecule has 3 nitrogen and oxygen atoms in total. The van der Waals surface area contributed by atoms with Gasteiger partial charge in [0, 0.05) is 29.0 Å². The van der Waals surface area contributed by atoms with Crippen LogP contribution in [0.3, 0.4) is 0 Å². The summed E-state index contributed by atoms with van der Waals surface area (Å²) in [5.74, 6) is 1.16. The Balaban J connectivity index is 1.68. The number of thiazole rings is 1. The van der Waals surface area contributed by atoms with Crippen LogP contribution in [0.15, 0.2) is 23.0 Å². The topological polar surface area (TPSA) is 33.2 Å². The van der Waals surface area contributed by atoms with Crippen LogP contribution in [0.2, 0.25) is 0 Å². The van der Waals surface area contributed by atoms with Gasteiger partial charge in [-0.2, -0.15) is 11.8 Å². The highest BCUT2D eigenvalue weighted by atomic mass is 32.2. The minimum atomic E-state index is 0.150. The zero-order valence-corrected chi connectivity index (χ0v) is 13.7. The van der Waals surface area contributed by atoms with Gasteiger partial charge in [0.1, 0.15) is 4.88 Å². The molecule has 0 bridgehead atoms. The molecule has 106 valence electrons. The van der Waals surface area contributed by atoms with Gasteiger partial charge in [-0.25, -0.2) is 4.98 Å². The predicted molar refractivity (Wildman–Crippen MR) is 86.9 cm³/mol. The van der Waals surface area contributed by atoms with E-state index >= 15 is 0 Å². The molecule has 3 heterocycles. The fraction of sp³-hybridized carbons (Fsp3) is 0.429. The van der Waals surface area contributed by atoms with Crippen molar-refractivity contribution in [3.63, 3.8) is 0 Å². The molecule has 1 aliphatic rings. The van der Waals surface area contributed by atoms with Gasteiger partial charge < -0.3 is 4.90 Å². The molecule has 2 aromatic heterocycles. The number of thiophene rings is 1. The van der Waals surface area contributed by atoms with E-state index in [9.17, 15) is 4.79 Å². The first-order valence-corrected chi connectivity index (χ1v) is 9.41. The molecule has 1 fully saturated rings. The van der Waals surface area contributed by atoms with E-state index in [0.717, 1.165) is 35.8 Å². The first kappa shape index (κ1) is 14.1. The highest BCUT2D eigenvalue weighted by molar-refractivity contribution is 7.99. The van der Waals surface area contributed by atoms with Gasteiger partial charge in [0.2, 0.25) is 0 Å². The van der Waals surface area contributed by atoms with Crippen LogP contribution < -0.4 is 0 Å². The van der Waals surface area contributed by atoms with E-state index in [1.165, 1.54) is 16.2 Å². The van der Waals surface area contributed by atoms with Crippen molar-refractivity contribution in [2.24, 2.45) is 0 Å². The number of carbonyl (C=O) groups is 1. The zero-order valence-electron chi connectivity index (χ0n) is 11.2. The van der Waals surface area contributed by atoms with Crippen LogP contribution in [0, 0.1) is 6.92 Å². The van der Waals surface area contributed by atoms with E-state index < -0.39 is 0 Å². The fourth-order valence-electron chi connectivity index (χ4n) is 2.33. The number of amides is 1. The number of aryl methyl sites for hydroxylation is 1. The highest BCUT2D eigenvalue weighted by Crippen LogP contribution is 2.37. The lowest BCUT2D eigenvalue weighted by atomic mass is 10.2. The molecule has 6 heteroatoms. The van der Waals surface area contributed by atoms with Crippen molar-refractivity contribution in [1.82, 2.24) is 9.88 Å². The molecule has 0 aliphatic carbocycles. The van der Waals surface area contributed by atoms with Crippen molar-refractivity contribution >= 4 is 40.3 Å². The summed E-state index contributed by atoms with van der Waals surface area (Å²) in [6, 6.07) is 4.31. The Morgan fingerprint density at radius 1 is 1.40 bits per heavy atom. The monoisotopic (exact) mass is 324 g/mol. The van der Waals surface area contributed by atoms with Crippen LogP contribution in [0.5, 0.6) is 0 Å². The van der Waals surface area contributed by atoms with Gasteiger partial charge in [-0.05, 0) is 24.8 Å². The molecular formula is C14H16N2OS3. The van der Waals surface area contributed by atoms with Crippen LogP contribution in [-0.4, -0.2) is 34.6 Å². The molecular weight excluding hydrogens is 308 g/mol. The van der Waals surface area contributed by atoms with Gasteiger partial charge >= 0.3 is 0 Å². The summed E-state index contributed by atoms with van der Waals surface area (Å²) in [6.45, 7) is 3.58. The van der Waals surface area contributed by atoms with Crippen LogP contribution in [0.25, 0.3) is 0 Å². The Labute approximate surface area is 131 Å². The molecule has 0 radical (unpaired) electrons. The summed E-state index contributed by atoms with van der Waals surface area (Å²) in [5, 5.41) is 2.67. The van der Waals surface area contributed by atoms with Crippen LogP contribution in [0.1, 0.15) is 31.9 Å². The number of carbonyl (C=O) groups excluding carboxylic acids is 1. The molecule has 1 unspecified atom stereocenters. The summed E-state index contributed by atoms with van der Waals surface area (Å²) in [6.07, 6.45) is 1.04. The Hall–Kier alpha value is -0.850. The minimum absolute atomic E-state index is 0.150.